The van der Waals surface area contributed by atoms with Crippen LogP contribution in [0.3, 0.4) is 0 Å². The topological polar surface area (TPSA) is 41.5 Å². The second kappa shape index (κ2) is 8.08. The molecule has 1 amide bonds. The van der Waals surface area contributed by atoms with Crippen LogP contribution in [0.2, 0.25) is 0 Å². The minimum Gasteiger partial charge on any atom is -0.307 e. The summed E-state index contributed by atoms with van der Waals surface area (Å²) in [4.78, 5) is 16.6. The van der Waals surface area contributed by atoms with Gasteiger partial charge in [-0.3, -0.25) is 4.79 Å². The highest BCUT2D eigenvalue weighted by atomic mass is 16.1. The van der Waals surface area contributed by atoms with Crippen molar-refractivity contribution in [3.63, 3.8) is 0 Å². The molecule has 118 valence electrons. The van der Waals surface area contributed by atoms with Crippen molar-refractivity contribution >= 4 is 17.8 Å². The second-order valence-corrected chi connectivity index (χ2v) is 5.05. The molecular formula is C20H22N2O. The van der Waals surface area contributed by atoms with E-state index in [4.69, 9.17) is 0 Å². The molecule has 0 unspecified atom stereocenters. The molecular weight excluding hydrogens is 284 g/mol. The van der Waals surface area contributed by atoms with Crippen molar-refractivity contribution in [1.29, 1.82) is 0 Å². The van der Waals surface area contributed by atoms with Crippen molar-refractivity contribution in [2.45, 2.75) is 27.2 Å². The normalized spacial score (nSPS) is 16.3. The van der Waals surface area contributed by atoms with E-state index in [0.29, 0.717) is 12.3 Å². The van der Waals surface area contributed by atoms with Gasteiger partial charge in [-0.1, -0.05) is 62.4 Å². The standard InChI is InChI=1S/C18H16N2O.C2H6/c1-13-6-2-3-7-14(13)10-11-17-19-16-9-5-4-8-15(12-16)18(21)20-17;1-2/h2-11H,12H2,1H3,(H,19,20,21);1-2H3/b11-10+;. The summed E-state index contributed by atoms with van der Waals surface area (Å²) in [6.45, 7) is 6.06. The minimum atomic E-state index is -0.0851. The van der Waals surface area contributed by atoms with Gasteiger partial charge >= 0.3 is 0 Å². The Bertz CT molecular complexity index is 734. The van der Waals surface area contributed by atoms with E-state index < -0.39 is 0 Å². The molecule has 0 atom stereocenters. The van der Waals surface area contributed by atoms with Crippen molar-refractivity contribution in [1.82, 2.24) is 5.32 Å². The van der Waals surface area contributed by atoms with Gasteiger partial charge in [-0.25, -0.2) is 4.99 Å². The zero-order valence-electron chi connectivity index (χ0n) is 13.8. The van der Waals surface area contributed by atoms with E-state index in [1.54, 1.807) is 0 Å². The largest absolute Gasteiger partial charge is 0.307 e. The second-order valence-electron chi connectivity index (χ2n) is 5.05. The van der Waals surface area contributed by atoms with E-state index in [9.17, 15) is 4.79 Å². The molecule has 2 aliphatic rings. The van der Waals surface area contributed by atoms with E-state index in [0.717, 1.165) is 16.8 Å². The number of amidine groups is 1. The summed E-state index contributed by atoms with van der Waals surface area (Å²) in [5.74, 6) is 0.492. The number of rotatable bonds is 2. The van der Waals surface area contributed by atoms with Crippen LogP contribution in [0, 0.1) is 6.92 Å². The van der Waals surface area contributed by atoms with Crippen LogP contribution in [0.1, 0.15) is 31.4 Å². The predicted molar refractivity (Wildman–Crippen MR) is 97.1 cm³/mol. The Labute approximate surface area is 137 Å². The summed E-state index contributed by atoms with van der Waals surface area (Å²) in [5.41, 5.74) is 3.93. The van der Waals surface area contributed by atoms with E-state index >= 15 is 0 Å². The van der Waals surface area contributed by atoms with Gasteiger partial charge in [-0.15, -0.1) is 0 Å². The number of nitrogens with one attached hydrogen (secondary N) is 1. The molecule has 0 saturated heterocycles. The lowest BCUT2D eigenvalue weighted by Crippen LogP contribution is -2.28. The number of nitrogens with zero attached hydrogens (tertiary/aromatic N) is 1. The van der Waals surface area contributed by atoms with Crippen LogP contribution in [0.4, 0.5) is 0 Å². The number of carbonyl (C=O) groups excluding carboxylic acids is 1. The first-order valence-corrected chi connectivity index (χ1v) is 7.92. The summed E-state index contributed by atoms with van der Waals surface area (Å²) >= 11 is 0. The van der Waals surface area contributed by atoms with Crippen molar-refractivity contribution < 1.29 is 4.79 Å². The Morgan fingerprint density at radius 1 is 1.09 bits per heavy atom. The summed E-state index contributed by atoms with van der Waals surface area (Å²) in [5, 5.41) is 2.85. The molecule has 23 heavy (non-hydrogen) atoms. The smallest absolute Gasteiger partial charge is 0.253 e. The third-order valence-corrected chi connectivity index (χ3v) is 3.48. The molecule has 0 aromatic heterocycles. The van der Waals surface area contributed by atoms with Crippen LogP contribution >= 0.6 is 0 Å². The first-order chi connectivity index (χ1) is 11.2. The number of fused-ring (bicyclic) bond motifs is 2. The Morgan fingerprint density at radius 3 is 2.61 bits per heavy atom. The summed E-state index contributed by atoms with van der Waals surface area (Å²) in [6, 6.07) is 8.10. The first kappa shape index (κ1) is 16.7. The Morgan fingerprint density at radius 2 is 1.83 bits per heavy atom. The number of aryl methyl sites for hydroxylation is 1. The molecule has 1 aromatic rings. The predicted octanol–water partition coefficient (Wildman–Crippen LogP) is 4.33. The number of benzene rings is 1. The number of hydrogen-bond acceptors (Lipinski definition) is 2. The average molecular weight is 306 g/mol. The third-order valence-electron chi connectivity index (χ3n) is 3.48. The minimum absolute atomic E-state index is 0.0851. The zero-order chi connectivity index (χ0) is 16.7. The molecule has 1 aromatic carbocycles. The van der Waals surface area contributed by atoms with Crippen LogP contribution in [0.5, 0.6) is 0 Å². The molecule has 0 saturated carbocycles. The summed E-state index contributed by atoms with van der Waals surface area (Å²) in [7, 11) is 0. The maximum atomic E-state index is 12.1. The molecule has 1 N–H and O–H groups in total. The highest BCUT2D eigenvalue weighted by Crippen LogP contribution is 2.19. The highest BCUT2D eigenvalue weighted by molar-refractivity contribution is 6.12. The zero-order valence-corrected chi connectivity index (χ0v) is 13.8. The quantitative estimate of drug-likeness (QED) is 0.868. The monoisotopic (exact) mass is 306 g/mol. The van der Waals surface area contributed by atoms with Crippen molar-refractivity contribution in [2.75, 3.05) is 0 Å². The van der Waals surface area contributed by atoms with E-state index in [2.05, 4.69) is 23.3 Å². The van der Waals surface area contributed by atoms with E-state index in [1.165, 1.54) is 5.56 Å². The number of hydrogen-bond donors (Lipinski definition) is 1. The van der Waals surface area contributed by atoms with Crippen LogP contribution in [-0.2, 0) is 4.79 Å². The van der Waals surface area contributed by atoms with Gasteiger partial charge in [0, 0.05) is 17.7 Å². The van der Waals surface area contributed by atoms with Crippen LogP contribution < -0.4 is 5.32 Å². The number of aliphatic imine (C=N–C) groups is 1. The maximum Gasteiger partial charge on any atom is 0.253 e. The highest BCUT2D eigenvalue weighted by Gasteiger charge is 2.17. The van der Waals surface area contributed by atoms with E-state index in [1.807, 2.05) is 68.5 Å². The Kier molecular flexibility index (Phi) is 5.87. The van der Waals surface area contributed by atoms with Gasteiger partial charge in [0.25, 0.3) is 5.91 Å². The molecule has 1 heterocycles. The molecule has 1 aliphatic heterocycles. The molecule has 1 aliphatic carbocycles. The van der Waals surface area contributed by atoms with Gasteiger partial charge in [-0.05, 0) is 30.2 Å². The molecule has 3 nitrogen and oxygen atoms in total. The van der Waals surface area contributed by atoms with Gasteiger partial charge in [0.1, 0.15) is 5.84 Å². The lowest BCUT2D eigenvalue weighted by atomic mass is 10.1. The Hall–Kier alpha value is -2.68. The lowest BCUT2D eigenvalue weighted by Gasteiger charge is -2.03. The van der Waals surface area contributed by atoms with Gasteiger partial charge in [0.15, 0.2) is 0 Å². The summed E-state index contributed by atoms with van der Waals surface area (Å²) < 4.78 is 0. The van der Waals surface area contributed by atoms with Crippen molar-refractivity contribution in [3.8, 4) is 0 Å². The fraction of sp³-hybridized carbons (Fsp3) is 0.200. The maximum absolute atomic E-state index is 12.1. The fourth-order valence-corrected chi connectivity index (χ4v) is 2.28. The molecule has 2 bridgehead atoms. The fourth-order valence-electron chi connectivity index (χ4n) is 2.28. The molecule has 0 radical (unpaired) electrons. The Balaban J connectivity index is 0.000000924. The van der Waals surface area contributed by atoms with Crippen molar-refractivity contribution in [2.24, 2.45) is 4.99 Å². The third kappa shape index (κ3) is 4.39. The van der Waals surface area contributed by atoms with Gasteiger partial charge in [0.2, 0.25) is 0 Å². The summed E-state index contributed by atoms with van der Waals surface area (Å²) in [6.07, 6.45) is 11.9. The lowest BCUT2D eigenvalue weighted by molar-refractivity contribution is -0.116. The molecule has 3 heteroatoms. The first-order valence-electron chi connectivity index (χ1n) is 7.92. The van der Waals surface area contributed by atoms with Crippen LogP contribution in [0.15, 0.2) is 70.9 Å². The van der Waals surface area contributed by atoms with Gasteiger partial charge < -0.3 is 5.32 Å². The average Bonchev–Trinajstić information content (AvgIpc) is 2.89. The van der Waals surface area contributed by atoms with Gasteiger partial charge in [0.05, 0.1) is 0 Å². The van der Waals surface area contributed by atoms with Crippen LogP contribution in [-0.4, -0.2) is 11.7 Å². The molecule has 0 spiro atoms. The molecule has 3 rings (SSSR count). The van der Waals surface area contributed by atoms with Gasteiger partial charge in [-0.2, -0.15) is 0 Å². The van der Waals surface area contributed by atoms with Crippen LogP contribution in [0.25, 0.3) is 6.08 Å². The number of amides is 1. The molecule has 0 fully saturated rings. The number of carbonyl (C=O) groups is 1. The SMILES string of the molecule is CC.Cc1ccccc1/C=C/C1=NC2=CC=CC=C(C2)C(=O)N1. The van der Waals surface area contributed by atoms with E-state index in [-0.39, 0.29) is 5.91 Å². The number of allylic oxidation sites excluding steroid dienone is 5. The van der Waals surface area contributed by atoms with Crippen molar-refractivity contribution in [3.05, 3.63) is 77.0 Å².